The van der Waals surface area contributed by atoms with Gasteiger partial charge in [0.1, 0.15) is 5.82 Å². The summed E-state index contributed by atoms with van der Waals surface area (Å²) in [5, 5.41) is 7.62. The molecule has 0 bridgehead atoms. The summed E-state index contributed by atoms with van der Waals surface area (Å²) in [6.07, 6.45) is 3.59. The van der Waals surface area contributed by atoms with Crippen molar-refractivity contribution in [1.29, 1.82) is 0 Å². The van der Waals surface area contributed by atoms with E-state index < -0.39 is 0 Å². The van der Waals surface area contributed by atoms with Crippen LogP contribution in [0.1, 0.15) is 23.7 Å². The first-order valence-electron chi connectivity index (χ1n) is 6.23. The van der Waals surface area contributed by atoms with Crippen molar-refractivity contribution in [3.8, 4) is 0 Å². The number of H-pyrrole nitrogens is 1. The van der Waals surface area contributed by atoms with Crippen molar-refractivity contribution in [2.75, 3.05) is 0 Å². The Labute approximate surface area is 115 Å². The van der Waals surface area contributed by atoms with Crippen LogP contribution in [0.5, 0.6) is 0 Å². The van der Waals surface area contributed by atoms with Gasteiger partial charge in [0.05, 0.1) is 11.3 Å². The zero-order valence-corrected chi connectivity index (χ0v) is 10.7. The Morgan fingerprint density at radius 3 is 2.85 bits per heavy atom. The minimum atomic E-state index is -0.385. The van der Waals surface area contributed by atoms with Gasteiger partial charge in [-0.25, -0.2) is 9.97 Å². The lowest BCUT2D eigenvalue weighted by Gasteiger charge is -2.14. The number of rotatable bonds is 4. The zero-order valence-electron chi connectivity index (χ0n) is 10.7. The van der Waals surface area contributed by atoms with E-state index in [2.05, 4.69) is 20.2 Å². The molecular weight excluding hydrogens is 254 g/mol. The zero-order chi connectivity index (χ0) is 13.9. The summed E-state index contributed by atoms with van der Waals surface area (Å²) in [7, 11) is 0. The Hall–Kier alpha value is -2.76. The standard InChI is InChI=1S/C14H13N5O/c15-12(20)6-11(9-4-2-1-3-5-9)14-16-7-10-8-17-19-13(10)18-14/h1-5,7-8,11H,6H2,(H2,15,20)(H,16,17,18,19). The number of benzene rings is 1. The van der Waals surface area contributed by atoms with Crippen LogP contribution in [0.3, 0.4) is 0 Å². The molecule has 3 N–H and O–H groups in total. The number of hydrogen-bond donors (Lipinski definition) is 2. The molecule has 2 heterocycles. The molecule has 1 atom stereocenters. The summed E-state index contributed by atoms with van der Waals surface area (Å²) >= 11 is 0. The fourth-order valence-electron chi connectivity index (χ4n) is 2.16. The molecular formula is C14H13N5O. The molecule has 0 aliphatic rings. The SMILES string of the molecule is NC(=O)CC(c1ccccc1)c1ncc2c[nH]nc2n1. The number of nitrogens with two attached hydrogens (primary N) is 1. The van der Waals surface area contributed by atoms with Crippen LogP contribution in [0, 0.1) is 0 Å². The number of amides is 1. The van der Waals surface area contributed by atoms with Crippen LogP contribution in [0.25, 0.3) is 11.0 Å². The molecule has 6 nitrogen and oxygen atoms in total. The largest absolute Gasteiger partial charge is 0.370 e. The summed E-state index contributed by atoms with van der Waals surface area (Å²) in [5.41, 5.74) is 6.89. The van der Waals surface area contributed by atoms with Gasteiger partial charge in [-0.2, -0.15) is 5.10 Å². The van der Waals surface area contributed by atoms with Crippen LogP contribution < -0.4 is 5.73 Å². The highest BCUT2D eigenvalue weighted by atomic mass is 16.1. The molecule has 100 valence electrons. The lowest BCUT2D eigenvalue weighted by Crippen LogP contribution is -2.17. The third-order valence-electron chi connectivity index (χ3n) is 3.12. The van der Waals surface area contributed by atoms with E-state index >= 15 is 0 Å². The molecule has 0 spiro atoms. The van der Waals surface area contributed by atoms with Crippen molar-refractivity contribution in [2.45, 2.75) is 12.3 Å². The number of nitrogens with one attached hydrogen (secondary N) is 1. The van der Waals surface area contributed by atoms with E-state index in [1.165, 1.54) is 0 Å². The minimum Gasteiger partial charge on any atom is -0.370 e. The number of aromatic amines is 1. The highest BCUT2D eigenvalue weighted by molar-refractivity contribution is 5.76. The van der Waals surface area contributed by atoms with Crippen molar-refractivity contribution < 1.29 is 4.79 Å². The topological polar surface area (TPSA) is 97.6 Å². The smallest absolute Gasteiger partial charge is 0.218 e. The van der Waals surface area contributed by atoms with E-state index in [9.17, 15) is 4.79 Å². The van der Waals surface area contributed by atoms with Crippen LogP contribution in [-0.4, -0.2) is 26.1 Å². The molecule has 1 unspecified atom stereocenters. The van der Waals surface area contributed by atoms with Gasteiger partial charge in [-0.15, -0.1) is 0 Å². The third kappa shape index (κ3) is 2.35. The van der Waals surface area contributed by atoms with Crippen LogP contribution in [-0.2, 0) is 4.79 Å². The van der Waals surface area contributed by atoms with Gasteiger partial charge in [-0.05, 0) is 5.56 Å². The van der Waals surface area contributed by atoms with Crippen LogP contribution >= 0.6 is 0 Å². The van der Waals surface area contributed by atoms with E-state index in [4.69, 9.17) is 5.73 Å². The fourth-order valence-corrected chi connectivity index (χ4v) is 2.16. The normalized spacial score (nSPS) is 12.4. The number of primary amides is 1. The molecule has 0 aliphatic carbocycles. The molecule has 3 aromatic rings. The predicted octanol–water partition coefficient (Wildman–Crippen LogP) is 1.36. The molecule has 0 saturated heterocycles. The first-order valence-corrected chi connectivity index (χ1v) is 6.23. The summed E-state index contributed by atoms with van der Waals surface area (Å²) in [5.74, 6) is -0.0889. The second-order valence-corrected chi connectivity index (χ2v) is 4.53. The van der Waals surface area contributed by atoms with E-state index in [1.807, 2.05) is 30.3 Å². The first kappa shape index (κ1) is 12.3. The van der Waals surface area contributed by atoms with Gasteiger partial charge >= 0.3 is 0 Å². The number of nitrogens with zero attached hydrogens (tertiary/aromatic N) is 3. The molecule has 2 aromatic heterocycles. The highest BCUT2D eigenvalue weighted by Gasteiger charge is 2.20. The fraction of sp³-hybridized carbons (Fsp3) is 0.143. The molecule has 6 heteroatoms. The molecule has 0 aliphatic heterocycles. The van der Waals surface area contributed by atoms with Crippen molar-refractivity contribution in [3.63, 3.8) is 0 Å². The summed E-state index contributed by atoms with van der Waals surface area (Å²) < 4.78 is 0. The lowest BCUT2D eigenvalue weighted by atomic mass is 9.94. The summed E-state index contributed by atoms with van der Waals surface area (Å²) in [6.45, 7) is 0. The molecule has 0 radical (unpaired) electrons. The predicted molar refractivity (Wildman–Crippen MR) is 73.8 cm³/mol. The van der Waals surface area contributed by atoms with Gasteiger partial charge in [0.25, 0.3) is 0 Å². The first-order chi connectivity index (χ1) is 9.74. The second-order valence-electron chi connectivity index (χ2n) is 4.53. The third-order valence-corrected chi connectivity index (χ3v) is 3.12. The van der Waals surface area contributed by atoms with E-state index in [0.717, 1.165) is 10.9 Å². The second kappa shape index (κ2) is 5.08. The van der Waals surface area contributed by atoms with Gasteiger partial charge < -0.3 is 5.73 Å². The monoisotopic (exact) mass is 267 g/mol. The van der Waals surface area contributed by atoms with E-state index in [0.29, 0.717) is 11.5 Å². The maximum atomic E-state index is 11.3. The highest BCUT2D eigenvalue weighted by Crippen LogP contribution is 2.25. The summed E-state index contributed by atoms with van der Waals surface area (Å²) in [4.78, 5) is 20.0. The van der Waals surface area contributed by atoms with Crippen LogP contribution in [0.15, 0.2) is 42.7 Å². The maximum absolute atomic E-state index is 11.3. The van der Waals surface area contributed by atoms with Crippen LogP contribution in [0.4, 0.5) is 0 Å². The van der Waals surface area contributed by atoms with Crippen molar-refractivity contribution in [3.05, 3.63) is 54.1 Å². The molecule has 3 rings (SSSR count). The Morgan fingerprint density at radius 1 is 1.30 bits per heavy atom. The Morgan fingerprint density at radius 2 is 2.10 bits per heavy atom. The van der Waals surface area contributed by atoms with Crippen molar-refractivity contribution in [2.24, 2.45) is 5.73 Å². The van der Waals surface area contributed by atoms with Gasteiger partial charge in [-0.1, -0.05) is 30.3 Å². The quantitative estimate of drug-likeness (QED) is 0.745. The number of carbonyl (C=O) groups is 1. The van der Waals surface area contributed by atoms with E-state index in [-0.39, 0.29) is 18.2 Å². The maximum Gasteiger partial charge on any atom is 0.218 e. The molecule has 1 amide bonds. The van der Waals surface area contributed by atoms with Crippen molar-refractivity contribution in [1.82, 2.24) is 20.2 Å². The molecule has 0 fully saturated rings. The van der Waals surface area contributed by atoms with Gasteiger partial charge in [0.2, 0.25) is 5.91 Å². The average Bonchev–Trinajstić information content (AvgIpc) is 2.93. The molecule has 0 saturated carbocycles. The Kier molecular flexibility index (Phi) is 3.12. The number of hydrogen-bond acceptors (Lipinski definition) is 4. The lowest BCUT2D eigenvalue weighted by molar-refractivity contribution is -0.118. The Balaban J connectivity index is 2.06. The number of carbonyl (C=O) groups excluding carboxylic acids is 1. The van der Waals surface area contributed by atoms with Gasteiger partial charge in [0, 0.05) is 18.8 Å². The van der Waals surface area contributed by atoms with Crippen molar-refractivity contribution >= 4 is 16.9 Å². The van der Waals surface area contributed by atoms with Gasteiger partial charge in [-0.3, -0.25) is 9.89 Å². The number of fused-ring (bicyclic) bond motifs is 1. The van der Waals surface area contributed by atoms with E-state index in [1.54, 1.807) is 12.4 Å². The molecule has 1 aromatic carbocycles. The molecule has 20 heavy (non-hydrogen) atoms. The van der Waals surface area contributed by atoms with Gasteiger partial charge in [0.15, 0.2) is 5.65 Å². The Bertz CT molecular complexity index is 737. The summed E-state index contributed by atoms with van der Waals surface area (Å²) in [6, 6.07) is 9.62. The number of aromatic nitrogens is 4. The average molecular weight is 267 g/mol. The van der Waals surface area contributed by atoms with Crippen LogP contribution in [0.2, 0.25) is 0 Å². The minimum absolute atomic E-state index is 0.167.